The Labute approximate surface area is 196 Å². The van der Waals surface area contributed by atoms with Gasteiger partial charge < -0.3 is 14.2 Å². The molecule has 0 unspecified atom stereocenters. The van der Waals surface area contributed by atoms with Crippen molar-refractivity contribution < 1.29 is 23.8 Å². The molecule has 0 aromatic heterocycles. The zero-order chi connectivity index (χ0) is 23.2. The smallest absolute Gasteiger partial charge is 0.363 e. The maximum Gasteiger partial charge on any atom is 0.363 e. The Bertz CT molecular complexity index is 1230. The fraction of sp³-hybridized carbons (Fsp3) is 0.115. The summed E-state index contributed by atoms with van der Waals surface area (Å²) in [6.07, 6.45) is 1.73. The predicted molar refractivity (Wildman–Crippen MR) is 125 cm³/mol. The number of hydrogen-bond donors (Lipinski definition) is 0. The number of benzene rings is 3. The van der Waals surface area contributed by atoms with E-state index >= 15 is 0 Å². The van der Waals surface area contributed by atoms with E-state index in [1.54, 1.807) is 48.5 Å². The highest BCUT2D eigenvalue weighted by Crippen LogP contribution is 2.30. The van der Waals surface area contributed by atoms with Crippen LogP contribution in [0.1, 0.15) is 23.6 Å². The van der Waals surface area contributed by atoms with Crippen LogP contribution in [0.2, 0.25) is 5.02 Å². The number of halogens is 1. The lowest BCUT2D eigenvalue weighted by Gasteiger charge is -2.11. The van der Waals surface area contributed by atoms with Gasteiger partial charge in [-0.05, 0) is 60.5 Å². The van der Waals surface area contributed by atoms with Gasteiger partial charge in [0.05, 0.1) is 13.0 Å². The first-order valence-corrected chi connectivity index (χ1v) is 10.7. The van der Waals surface area contributed by atoms with Crippen molar-refractivity contribution in [1.82, 2.24) is 0 Å². The second-order valence-electron chi connectivity index (χ2n) is 7.12. The number of esters is 2. The van der Waals surface area contributed by atoms with Crippen LogP contribution in [0.15, 0.2) is 83.5 Å². The molecule has 0 aliphatic carbocycles. The zero-order valence-corrected chi connectivity index (χ0v) is 18.5. The predicted octanol–water partition coefficient (Wildman–Crippen LogP) is 5.23. The highest BCUT2D eigenvalue weighted by atomic mass is 35.5. The van der Waals surface area contributed by atoms with Crippen molar-refractivity contribution >= 4 is 35.5 Å². The van der Waals surface area contributed by atoms with Crippen molar-refractivity contribution in [2.24, 2.45) is 4.99 Å². The summed E-state index contributed by atoms with van der Waals surface area (Å²) in [5.74, 6) is -0.0543. The number of carbonyl (C=O) groups is 2. The molecule has 0 amide bonds. The number of carbonyl (C=O) groups excluding carboxylic acids is 2. The molecule has 4 rings (SSSR count). The zero-order valence-electron chi connectivity index (χ0n) is 17.8. The first-order valence-electron chi connectivity index (χ1n) is 10.3. The molecular formula is C26H20ClNO5. The fourth-order valence-corrected chi connectivity index (χ4v) is 3.30. The molecule has 0 spiro atoms. The maximum atomic E-state index is 12.4. The number of ether oxygens (including phenoxy) is 3. The van der Waals surface area contributed by atoms with Gasteiger partial charge in [0.1, 0.15) is 0 Å². The van der Waals surface area contributed by atoms with Gasteiger partial charge in [-0.15, -0.1) is 0 Å². The Morgan fingerprint density at radius 3 is 2.52 bits per heavy atom. The van der Waals surface area contributed by atoms with Gasteiger partial charge in [-0.2, -0.15) is 0 Å². The topological polar surface area (TPSA) is 74.2 Å². The first-order chi connectivity index (χ1) is 16.0. The fourth-order valence-electron chi connectivity index (χ4n) is 3.17. The van der Waals surface area contributed by atoms with Crippen LogP contribution in [0, 0.1) is 0 Å². The Balaban J connectivity index is 1.54. The summed E-state index contributed by atoms with van der Waals surface area (Å²) < 4.78 is 16.5. The molecule has 3 aromatic carbocycles. The molecule has 0 saturated carbocycles. The van der Waals surface area contributed by atoms with E-state index in [4.69, 9.17) is 25.8 Å². The van der Waals surface area contributed by atoms with Gasteiger partial charge in [0, 0.05) is 10.6 Å². The molecule has 166 valence electrons. The van der Waals surface area contributed by atoms with Crippen LogP contribution < -0.4 is 9.47 Å². The largest absolute Gasteiger partial charge is 0.490 e. The van der Waals surface area contributed by atoms with E-state index in [0.29, 0.717) is 34.3 Å². The minimum Gasteiger partial charge on any atom is -0.490 e. The molecule has 1 aliphatic rings. The number of hydrogen-bond acceptors (Lipinski definition) is 6. The summed E-state index contributed by atoms with van der Waals surface area (Å²) in [6.45, 7) is 2.21. The van der Waals surface area contributed by atoms with Gasteiger partial charge in [-0.25, -0.2) is 9.79 Å². The lowest BCUT2D eigenvalue weighted by atomic mass is 10.1. The minimum absolute atomic E-state index is 0.145. The molecule has 0 radical (unpaired) electrons. The molecule has 6 nitrogen and oxygen atoms in total. The van der Waals surface area contributed by atoms with Crippen molar-refractivity contribution in [2.75, 3.05) is 6.61 Å². The molecule has 3 aromatic rings. The van der Waals surface area contributed by atoms with Gasteiger partial charge in [0.2, 0.25) is 5.90 Å². The van der Waals surface area contributed by atoms with Gasteiger partial charge in [0.25, 0.3) is 0 Å². The van der Waals surface area contributed by atoms with Crippen molar-refractivity contribution in [2.45, 2.75) is 13.3 Å². The third-order valence-electron chi connectivity index (χ3n) is 4.70. The Kier molecular flexibility index (Phi) is 6.86. The molecule has 0 N–H and O–H groups in total. The van der Waals surface area contributed by atoms with Crippen LogP contribution in [-0.2, 0) is 20.7 Å². The number of aliphatic imine (C=N–C) groups is 1. The summed E-state index contributed by atoms with van der Waals surface area (Å²) in [6, 6.07) is 21.2. The van der Waals surface area contributed by atoms with E-state index in [9.17, 15) is 9.59 Å². The summed E-state index contributed by atoms with van der Waals surface area (Å²) >= 11 is 5.91. The molecule has 1 heterocycles. The van der Waals surface area contributed by atoms with Gasteiger partial charge >= 0.3 is 11.9 Å². The summed E-state index contributed by atoms with van der Waals surface area (Å²) in [5, 5.41) is 0.576. The quantitative estimate of drug-likeness (QED) is 0.273. The molecule has 0 atom stereocenters. The van der Waals surface area contributed by atoms with Gasteiger partial charge in [-0.1, -0.05) is 48.0 Å². The van der Waals surface area contributed by atoms with Crippen molar-refractivity contribution in [3.05, 3.63) is 100 Å². The average molecular weight is 462 g/mol. The van der Waals surface area contributed by atoms with E-state index in [1.807, 2.05) is 37.3 Å². The summed E-state index contributed by atoms with van der Waals surface area (Å²) in [4.78, 5) is 28.9. The molecule has 1 aliphatic heterocycles. The molecular weight excluding hydrogens is 442 g/mol. The highest BCUT2D eigenvalue weighted by molar-refractivity contribution is 6.30. The van der Waals surface area contributed by atoms with Crippen LogP contribution in [0.4, 0.5) is 0 Å². The molecule has 7 heteroatoms. The lowest BCUT2D eigenvalue weighted by Crippen LogP contribution is -2.12. The van der Waals surface area contributed by atoms with E-state index in [1.165, 1.54) is 0 Å². The van der Waals surface area contributed by atoms with E-state index in [-0.39, 0.29) is 18.0 Å². The van der Waals surface area contributed by atoms with Crippen LogP contribution in [-0.4, -0.2) is 24.4 Å². The van der Waals surface area contributed by atoms with Crippen LogP contribution in [0.25, 0.3) is 6.08 Å². The molecule has 0 fully saturated rings. The lowest BCUT2D eigenvalue weighted by molar-refractivity contribution is -0.133. The molecule has 0 saturated heterocycles. The Morgan fingerprint density at radius 1 is 1.03 bits per heavy atom. The van der Waals surface area contributed by atoms with Crippen LogP contribution >= 0.6 is 11.6 Å². The van der Waals surface area contributed by atoms with Crippen LogP contribution in [0.3, 0.4) is 0 Å². The maximum absolute atomic E-state index is 12.4. The Hall–Kier alpha value is -3.90. The number of nitrogens with zero attached hydrogens (tertiary/aromatic N) is 1. The Morgan fingerprint density at radius 2 is 1.79 bits per heavy atom. The second kappa shape index (κ2) is 10.1. The summed E-state index contributed by atoms with van der Waals surface area (Å²) in [7, 11) is 0. The summed E-state index contributed by atoms with van der Waals surface area (Å²) in [5.41, 5.74) is 2.30. The number of cyclic esters (lactones) is 1. The minimum atomic E-state index is -0.559. The number of rotatable bonds is 7. The second-order valence-corrected chi connectivity index (χ2v) is 7.56. The van der Waals surface area contributed by atoms with Gasteiger partial charge in [-0.3, -0.25) is 4.79 Å². The standard InChI is InChI=1S/C26H20ClNO5/c1-2-31-23-15-18(8-13-22(23)32-24(29)16-17-6-4-3-5-7-17)14-21-26(30)33-25(28-21)19-9-11-20(27)12-10-19/h3-15H,2,16H2,1H3. The van der Waals surface area contributed by atoms with Gasteiger partial charge in [0.15, 0.2) is 17.2 Å². The molecule has 33 heavy (non-hydrogen) atoms. The third-order valence-corrected chi connectivity index (χ3v) is 4.95. The van der Waals surface area contributed by atoms with Crippen molar-refractivity contribution in [1.29, 1.82) is 0 Å². The monoisotopic (exact) mass is 461 g/mol. The van der Waals surface area contributed by atoms with Crippen molar-refractivity contribution in [3.8, 4) is 11.5 Å². The average Bonchev–Trinajstić information content (AvgIpc) is 3.17. The van der Waals surface area contributed by atoms with E-state index in [2.05, 4.69) is 4.99 Å². The highest BCUT2D eigenvalue weighted by Gasteiger charge is 2.24. The van der Waals surface area contributed by atoms with Crippen molar-refractivity contribution in [3.63, 3.8) is 0 Å². The van der Waals surface area contributed by atoms with E-state index < -0.39 is 11.9 Å². The third kappa shape index (κ3) is 5.67. The van der Waals surface area contributed by atoms with Crippen LogP contribution in [0.5, 0.6) is 11.5 Å². The van der Waals surface area contributed by atoms with E-state index in [0.717, 1.165) is 5.56 Å². The SMILES string of the molecule is CCOc1cc(C=C2N=C(c3ccc(Cl)cc3)OC2=O)ccc1OC(=O)Cc1ccccc1. The molecule has 0 bridgehead atoms. The first kappa shape index (κ1) is 22.3. The normalized spacial score (nSPS) is 14.1.